The van der Waals surface area contributed by atoms with Gasteiger partial charge in [0.1, 0.15) is 4.90 Å². The van der Waals surface area contributed by atoms with Crippen LogP contribution in [0.2, 0.25) is 5.02 Å². The van der Waals surface area contributed by atoms with E-state index in [0.717, 1.165) is 6.07 Å². The summed E-state index contributed by atoms with van der Waals surface area (Å²) in [4.78, 5) is 16.0. The minimum Gasteiger partial charge on any atom is -0.493 e. The van der Waals surface area contributed by atoms with E-state index in [4.69, 9.17) is 35.5 Å². The summed E-state index contributed by atoms with van der Waals surface area (Å²) in [6, 6.07) is 8.64. The van der Waals surface area contributed by atoms with Gasteiger partial charge in [-0.1, -0.05) is 16.8 Å². The third kappa shape index (κ3) is 4.70. The van der Waals surface area contributed by atoms with Gasteiger partial charge in [0.2, 0.25) is 15.8 Å². The van der Waals surface area contributed by atoms with Crippen LogP contribution in [0, 0.1) is 0 Å². The van der Waals surface area contributed by atoms with E-state index < -0.39 is 16.0 Å². The van der Waals surface area contributed by atoms with Gasteiger partial charge in [0.15, 0.2) is 18.1 Å². The Balaban J connectivity index is 1.72. The van der Waals surface area contributed by atoms with Crippen molar-refractivity contribution in [1.82, 2.24) is 10.1 Å². The molecule has 2 N–H and O–H groups in total. The van der Waals surface area contributed by atoms with Crippen molar-refractivity contribution in [2.45, 2.75) is 11.5 Å². The summed E-state index contributed by atoms with van der Waals surface area (Å²) in [5.74, 6) is 0.503. The predicted octanol–water partition coefficient (Wildman–Crippen LogP) is 2.41. The van der Waals surface area contributed by atoms with Gasteiger partial charge in [-0.05, 0) is 36.4 Å². The smallest absolute Gasteiger partial charge is 0.338 e. The van der Waals surface area contributed by atoms with Crippen LogP contribution in [0.5, 0.6) is 11.5 Å². The van der Waals surface area contributed by atoms with Crippen molar-refractivity contribution in [2.24, 2.45) is 5.14 Å². The Kier molecular flexibility index (Phi) is 6.25. The fourth-order valence-corrected chi connectivity index (χ4v) is 3.54. The molecule has 0 aliphatic rings. The van der Waals surface area contributed by atoms with E-state index in [1.807, 2.05) is 0 Å². The van der Waals surface area contributed by atoms with Crippen LogP contribution in [0.15, 0.2) is 45.8 Å². The van der Waals surface area contributed by atoms with Gasteiger partial charge in [-0.25, -0.2) is 18.4 Å². The fourth-order valence-electron chi connectivity index (χ4n) is 2.47. The first-order chi connectivity index (χ1) is 14.2. The number of nitrogens with zero attached hydrogens (tertiary/aromatic N) is 2. The Morgan fingerprint density at radius 3 is 2.53 bits per heavy atom. The van der Waals surface area contributed by atoms with Crippen molar-refractivity contribution in [2.75, 3.05) is 14.2 Å². The van der Waals surface area contributed by atoms with E-state index in [1.165, 1.54) is 26.4 Å². The van der Waals surface area contributed by atoms with E-state index in [-0.39, 0.29) is 33.8 Å². The lowest BCUT2D eigenvalue weighted by Crippen LogP contribution is -2.14. The van der Waals surface area contributed by atoms with Crippen molar-refractivity contribution < 1.29 is 31.9 Å². The molecule has 158 valence electrons. The number of esters is 1. The van der Waals surface area contributed by atoms with Crippen LogP contribution in [0.4, 0.5) is 0 Å². The Labute approximate surface area is 176 Å². The zero-order chi connectivity index (χ0) is 21.9. The van der Waals surface area contributed by atoms with Gasteiger partial charge in [-0.2, -0.15) is 4.98 Å². The standard InChI is InChI=1S/C18H16ClN3O7S/c1-26-13-6-4-10(7-14(13)27-2)17-21-16(29-22-17)9-28-18(23)11-3-5-12(19)15(8-11)30(20,24)25/h3-8H,9H2,1-2H3,(H2,20,24,25). The Morgan fingerprint density at radius 1 is 1.13 bits per heavy atom. The summed E-state index contributed by atoms with van der Waals surface area (Å²) in [5.41, 5.74) is 0.549. The monoisotopic (exact) mass is 453 g/mol. The highest BCUT2D eigenvalue weighted by molar-refractivity contribution is 7.89. The van der Waals surface area contributed by atoms with Gasteiger partial charge in [0, 0.05) is 5.56 Å². The molecule has 0 unspecified atom stereocenters. The van der Waals surface area contributed by atoms with E-state index in [2.05, 4.69) is 10.1 Å². The summed E-state index contributed by atoms with van der Waals surface area (Å²) in [5, 5.41) is 8.81. The first-order valence-corrected chi connectivity index (χ1v) is 10.2. The molecule has 0 fully saturated rings. The van der Waals surface area contributed by atoms with Crippen molar-refractivity contribution in [3.05, 3.63) is 52.9 Å². The second kappa shape index (κ2) is 8.69. The molecule has 0 aliphatic heterocycles. The first kappa shape index (κ1) is 21.6. The summed E-state index contributed by atoms with van der Waals surface area (Å²) >= 11 is 5.80. The summed E-state index contributed by atoms with van der Waals surface area (Å²) in [6.07, 6.45) is 0. The number of carbonyl (C=O) groups is 1. The minimum absolute atomic E-state index is 0.0359. The molecule has 1 heterocycles. The van der Waals surface area contributed by atoms with Crippen LogP contribution in [0.3, 0.4) is 0 Å². The van der Waals surface area contributed by atoms with Crippen LogP contribution >= 0.6 is 11.6 Å². The number of hydrogen-bond donors (Lipinski definition) is 1. The zero-order valence-electron chi connectivity index (χ0n) is 15.8. The molecule has 0 atom stereocenters. The van der Waals surface area contributed by atoms with Gasteiger partial charge < -0.3 is 18.7 Å². The van der Waals surface area contributed by atoms with Crippen molar-refractivity contribution in [3.8, 4) is 22.9 Å². The second-order valence-electron chi connectivity index (χ2n) is 5.85. The van der Waals surface area contributed by atoms with Crippen molar-refractivity contribution in [1.29, 1.82) is 0 Å². The average molecular weight is 454 g/mol. The summed E-state index contributed by atoms with van der Waals surface area (Å²) in [7, 11) is -1.07. The maximum absolute atomic E-state index is 12.2. The molecule has 2 aromatic carbocycles. The number of aromatic nitrogens is 2. The van der Waals surface area contributed by atoms with Crippen LogP contribution in [0.1, 0.15) is 16.2 Å². The van der Waals surface area contributed by atoms with Gasteiger partial charge in [0.05, 0.1) is 24.8 Å². The zero-order valence-corrected chi connectivity index (χ0v) is 17.4. The second-order valence-corrected chi connectivity index (χ2v) is 7.78. The third-order valence-corrected chi connectivity index (χ3v) is 5.30. The SMILES string of the molecule is COc1ccc(-c2noc(COC(=O)c3ccc(Cl)c(S(N)(=O)=O)c3)n2)cc1OC. The number of methoxy groups -OCH3 is 2. The van der Waals surface area contributed by atoms with E-state index >= 15 is 0 Å². The highest BCUT2D eigenvalue weighted by atomic mass is 35.5. The molecule has 0 spiro atoms. The molecule has 12 heteroatoms. The lowest BCUT2D eigenvalue weighted by molar-refractivity contribution is 0.0429. The Morgan fingerprint density at radius 2 is 1.87 bits per heavy atom. The molecule has 0 bridgehead atoms. The molecule has 3 aromatic rings. The molecular weight excluding hydrogens is 438 g/mol. The molecule has 10 nitrogen and oxygen atoms in total. The largest absolute Gasteiger partial charge is 0.493 e. The predicted molar refractivity (Wildman–Crippen MR) is 105 cm³/mol. The Hall–Kier alpha value is -3.15. The van der Waals surface area contributed by atoms with Gasteiger partial charge in [-0.3, -0.25) is 0 Å². The summed E-state index contributed by atoms with van der Waals surface area (Å²) in [6.45, 7) is -0.327. The maximum atomic E-state index is 12.2. The fraction of sp³-hybridized carbons (Fsp3) is 0.167. The first-order valence-electron chi connectivity index (χ1n) is 8.27. The number of sulfonamides is 1. The van der Waals surface area contributed by atoms with Crippen LogP contribution < -0.4 is 14.6 Å². The molecule has 0 radical (unpaired) electrons. The lowest BCUT2D eigenvalue weighted by Gasteiger charge is -2.07. The van der Waals surface area contributed by atoms with Gasteiger partial charge in [0.25, 0.3) is 5.89 Å². The maximum Gasteiger partial charge on any atom is 0.338 e. The number of ether oxygens (including phenoxy) is 3. The molecule has 1 aromatic heterocycles. The Bertz CT molecular complexity index is 1190. The number of primary sulfonamides is 1. The molecule has 0 saturated carbocycles. The number of nitrogens with two attached hydrogens (primary N) is 1. The minimum atomic E-state index is -4.09. The molecule has 0 amide bonds. The summed E-state index contributed by atoms with van der Waals surface area (Å²) < 4.78 is 43.6. The van der Waals surface area contributed by atoms with Crippen molar-refractivity contribution >= 4 is 27.6 Å². The van der Waals surface area contributed by atoms with Crippen LogP contribution in [-0.2, 0) is 21.4 Å². The number of rotatable bonds is 7. The van der Waals surface area contributed by atoms with E-state index in [0.29, 0.717) is 17.1 Å². The molecule has 3 rings (SSSR count). The van der Waals surface area contributed by atoms with E-state index in [1.54, 1.807) is 18.2 Å². The molecule has 0 saturated heterocycles. The van der Waals surface area contributed by atoms with Gasteiger partial charge >= 0.3 is 5.97 Å². The lowest BCUT2D eigenvalue weighted by atomic mass is 10.2. The van der Waals surface area contributed by atoms with Crippen molar-refractivity contribution in [3.63, 3.8) is 0 Å². The number of benzene rings is 2. The third-order valence-electron chi connectivity index (χ3n) is 3.91. The van der Waals surface area contributed by atoms with Crippen LogP contribution in [0.25, 0.3) is 11.4 Å². The van der Waals surface area contributed by atoms with E-state index in [9.17, 15) is 13.2 Å². The van der Waals surface area contributed by atoms with Crippen LogP contribution in [-0.4, -0.2) is 38.7 Å². The molecule has 30 heavy (non-hydrogen) atoms. The number of halogens is 1. The normalized spacial score (nSPS) is 11.2. The molecule has 0 aliphatic carbocycles. The highest BCUT2D eigenvalue weighted by Gasteiger charge is 2.18. The molecular formula is C18H16ClN3O7S. The average Bonchev–Trinajstić information content (AvgIpc) is 3.20. The topological polar surface area (TPSA) is 144 Å². The number of carbonyl (C=O) groups excluding carboxylic acids is 1. The van der Waals surface area contributed by atoms with Gasteiger partial charge in [-0.15, -0.1) is 0 Å². The quantitative estimate of drug-likeness (QED) is 0.533. The highest BCUT2D eigenvalue weighted by Crippen LogP contribution is 2.31. The number of hydrogen-bond acceptors (Lipinski definition) is 9.